The van der Waals surface area contributed by atoms with Gasteiger partial charge >= 0.3 is 0 Å². The molecule has 0 aliphatic rings. The normalized spacial score (nSPS) is 10.1. The van der Waals surface area contributed by atoms with Crippen molar-refractivity contribution in [2.75, 3.05) is 0 Å². The van der Waals surface area contributed by atoms with Crippen LogP contribution < -0.4 is 0 Å². The highest BCUT2D eigenvalue weighted by Gasteiger charge is 2.09. The number of hydrogen-bond acceptors (Lipinski definition) is 1. The van der Waals surface area contributed by atoms with Crippen molar-refractivity contribution in [3.8, 4) is 11.8 Å². The van der Waals surface area contributed by atoms with Gasteiger partial charge in [-0.3, -0.25) is 0 Å². The Morgan fingerprint density at radius 3 is 2.50 bits per heavy atom. The lowest BCUT2D eigenvalue weighted by Crippen LogP contribution is -1.98. The Morgan fingerprint density at radius 1 is 1.19 bits per heavy atom. The summed E-state index contributed by atoms with van der Waals surface area (Å²) in [6.07, 6.45) is 0.479. The van der Waals surface area contributed by atoms with Crippen molar-refractivity contribution in [2.45, 2.75) is 20.3 Å². The van der Waals surface area contributed by atoms with Crippen LogP contribution in [0.5, 0.6) is 0 Å². The molecule has 0 N–H and O–H groups in total. The lowest BCUT2D eigenvalue weighted by molar-refractivity contribution is 0.956. The van der Waals surface area contributed by atoms with Gasteiger partial charge in [0.05, 0.1) is 12.5 Å². The molecule has 0 aliphatic heterocycles. The molecule has 1 aromatic heterocycles. The maximum atomic E-state index is 8.76. The summed E-state index contributed by atoms with van der Waals surface area (Å²) >= 11 is 0. The number of nitriles is 1. The molecule has 0 unspecified atom stereocenters. The molecular weight excluding hydrogens is 196 g/mol. The van der Waals surface area contributed by atoms with E-state index < -0.39 is 0 Å². The van der Waals surface area contributed by atoms with Gasteiger partial charge in [0, 0.05) is 17.1 Å². The summed E-state index contributed by atoms with van der Waals surface area (Å²) in [5, 5.41) is 8.76. The SMILES string of the molecule is Cc1cc(CC#N)c(C)n1-c1ccccc1. The van der Waals surface area contributed by atoms with Crippen LogP contribution in [-0.4, -0.2) is 4.57 Å². The molecule has 1 heterocycles. The molecule has 0 bridgehead atoms. The zero-order valence-corrected chi connectivity index (χ0v) is 9.57. The Kier molecular flexibility index (Phi) is 2.78. The molecule has 0 saturated heterocycles. The van der Waals surface area contributed by atoms with Gasteiger partial charge in [0.15, 0.2) is 0 Å². The summed E-state index contributed by atoms with van der Waals surface area (Å²) in [6.45, 7) is 4.13. The third-order valence-electron chi connectivity index (χ3n) is 2.82. The van der Waals surface area contributed by atoms with Crippen molar-refractivity contribution in [1.82, 2.24) is 4.57 Å². The smallest absolute Gasteiger partial charge is 0.0670 e. The third kappa shape index (κ3) is 1.72. The third-order valence-corrected chi connectivity index (χ3v) is 2.82. The molecule has 0 saturated carbocycles. The lowest BCUT2D eigenvalue weighted by atomic mass is 10.2. The van der Waals surface area contributed by atoms with E-state index in [0.29, 0.717) is 6.42 Å². The molecule has 2 heteroatoms. The Morgan fingerprint density at radius 2 is 1.88 bits per heavy atom. The maximum Gasteiger partial charge on any atom is 0.0670 e. The fourth-order valence-corrected chi connectivity index (χ4v) is 2.07. The highest BCUT2D eigenvalue weighted by molar-refractivity contribution is 5.41. The van der Waals surface area contributed by atoms with Gasteiger partial charge in [0.25, 0.3) is 0 Å². The Balaban J connectivity index is 2.54. The van der Waals surface area contributed by atoms with Crippen molar-refractivity contribution in [2.24, 2.45) is 0 Å². The molecule has 0 fully saturated rings. The maximum absolute atomic E-state index is 8.76. The number of para-hydroxylation sites is 1. The molecule has 0 aliphatic carbocycles. The Labute approximate surface area is 95.8 Å². The van der Waals surface area contributed by atoms with Crippen LogP contribution >= 0.6 is 0 Å². The van der Waals surface area contributed by atoms with Crippen molar-refractivity contribution >= 4 is 0 Å². The van der Waals surface area contributed by atoms with Crippen molar-refractivity contribution in [3.05, 3.63) is 53.3 Å². The van der Waals surface area contributed by atoms with E-state index >= 15 is 0 Å². The van der Waals surface area contributed by atoms with Gasteiger partial charge in [-0.1, -0.05) is 18.2 Å². The standard InChI is InChI=1S/C14H14N2/c1-11-10-13(8-9-15)12(2)16(11)14-6-4-3-5-7-14/h3-7,10H,8H2,1-2H3. The van der Waals surface area contributed by atoms with E-state index in [9.17, 15) is 0 Å². The average molecular weight is 210 g/mol. The van der Waals surface area contributed by atoms with Crippen LogP contribution in [0.15, 0.2) is 36.4 Å². The molecule has 1 aromatic carbocycles. The minimum Gasteiger partial charge on any atom is -0.318 e. The molecule has 0 radical (unpaired) electrons. The first-order valence-corrected chi connectivity index (χ1v) is 5.34. The molecule has 80 valence electrons. The molecular formula is C14H14N2. The average Bonchev–Trinajstić information content (AvgIpc) is 2.56. The van der Waals surface area contributed by atoms with Crippen LogP contribution in [0, 0.1) is 25.2 Å². The van der Waals surface area contributed by atoms with Gasteiger partial charge in [-0.05, 0) is 37.6 Å². The predicted molar refractivity (Wildman–Crippen MR) is 64.6 cm³/mol. The molecule has 2 aromatic rings. The Bertz CT molecular complexity index is 530. The summed E-state index contributed by atoms with van der Waals surface area (Å²) in [7, 11) is 0. The molecule has 0 spiro atoms. The van der Waals surface area contributed by atoms with Gasteiger partial charge in [0.1, 0.15) is 0 Å². The van der Waals surface area contributed by atoms with Gasteiger partial charge in [0.2, 0.25) is 0 Å². The number of nitrogens with zero attached hydrogens (tertiary/aromatic N) is 2. The van der Waals surface area contributed by atoms with E-state index in [1.807, 2.05) is 18.2 Å². The van der Waals surface area contributed by atoms with Crippen molar-refractivity contribution in [1.29, 1.82) is 5.26 Å². The van der Waals surface area contributed by atoms with E-state index in [0.717, 1.165) is 16.9 Å². The minimum atomic E-state index is 0.479. The van der Waals surface area contributed by atoms with E-state index in [1.165, 1.54) is 5.69 Å². The van der Waals surface area contributed by atoms with Gasteiger partial charge < -0.3 is 4.57 Å². The lowest BCUT2D eigenvalue weighted by Gasteiger charge is -2.09. The minimum absolute atomic E-state index is 0.479. The summed E-state index contributed by atoms with van der Waals surface area (Å²) < 4.78 is 2.19. The van der Waals surface area contributed by atoms with E-state index in [-0.39, 0.29) is 0 Å². The van der Waals surface area contributed by atoms with E-state index in [4.69, 9.17) is 5.26 Å². The largest absolute Gasteiger partial charge is 0.318 e. The number of hydrogen-bond donors (Lipinski definition) is 0. The van der Waals surface area contributed by atoms with Crippen LogP contribution in [0.2, 0.25) is 0 Å². The van der Waals surface area contributed by atoms with Crippen LogP contribution in [0.25, 0.3) is 5.69 Å². The number of aryl methyl sites for hydroxylation is 1. The number of aromatic nitrogens is 1. The molecule has 16 heavy (non-hydrogen) atoms. The van der Waals surface area contributed by atoms with E-state index in [1.54, 1.807) is 0 Å². The van der Waals surface area contributed by atoms with Crippen LogP contribution in [-0.2, 0) is 6.42 Å². The fraction of sp³-hybridized carbons (Fsp3) is 0.214. The highest BCUT2D eigenvalue weighted by atomic mass is 15.0. The Hall–Kier alpha value is -2.01. The van der Waals surface area contributed by atoms with Gasteiger partial charge in [-0.15, -0.1) is 0 Å². The quantitative estimate of drug-likeness (QED) is 0.748. The summed E-state index contributed by atoms with van der Waals surface area (Å²) in [5.74, 6) is 0. The predicted octanol–water partition coefficient (Wildman–Crippen LogP) is 3.16. The van der Waals surface area contributed by atoms with E-state index in [2.05, 4.69) is 42.7 Å². The molecule has 2 rings (SSSR count). The second-order valence-corrected chi connectivity index (χ2v) is 3.90. The second-order valence-electron chi connectivity index (χ2n) is 3.90. The van der Waals surface area contributed by atoms with Gasteiger partial charge in [-0.2, -0.15) is 5.26 Å². The highest BCUT2D eigenvalue weighted by Crippen LogP contribution is 2.20. The first-order chi connectivity index (χ1) is 7.74. The van der Waals surface area contributed by atoms with Crippen molar-refractivity contribution < 1.29 is 0 Å². The zero-order chi connectivity index (χ0) is 11.5. The molecule has 0 atom stereocenters. The molecule has 0 amide bonds. The van der Waals surface area contributed by atoms with Crippen LogP contribution in [0.1, 0.15) is 17.0 Å². The topological polar surface area (TPSA) is 28.7 Å². The van der Waals surface area contributed by atoms with Crippen LogP contribution in [0.3, 0.4) is 0 Å². The summed E-state index contributed by atoms with van der Waals surface area (Å²) in [6, 6.07) is 14.5. The summed E-state index contributed by atoms with van der Waals surface area (Å²) in [5.41, 5.74) is 4.60. The van der Waals surface area contributed by atoms with Crippen LogP contribution in [0.4, 0.5) is 0 Å². The molecule has 2 nitrogen and oxygen atoms in total. The fourth-order valence-electron chi connectivity index (χ4n) is 2.07. The zero-order valence-electron chi connectivity index (χ0n) is 9.57. The second kappa shape index (κ2) is 4.24. The monoisotopic (exact) mass is 210 g/mol. The van der Waals surface area contributed by atoms with Gasteiger partial charge in [-0.25, -0.2) is 0 Å². The number of benzene rings is 1. The summed E-state index contributed by atoms with van der Waals surface area (Å²) in [4.78, 5) is 0. The first-order valence-electron chi connectivity index (χ1n) is 5.34. The number of rotatable bonds is 2. The van der Waals surface area contributed by atoms with Crippen molar-refractivity contribution in [3.63, 3.8) is 0 Å². The first kappa shape index (κ1) is 10.5.